The van der Waals surface area contributed by atoms with Crippen molar-refractivity contribution < 1.29 is 9.53 Å². The van der Waals surface area contributed by atoms with Gasteiger partial charge in [-0.1, -0.05) is 35.3 Å². The fourth-order valence-electron chi connectivity index (χ4n) is 1.57. The topological polar surface area (TPSA) is 62.1 Å². The third kappa shape index (κ3) is 4.12. The van der Waals surface area contributed by atoms with Crippen LogP contribution in [-0.4, -0.2) is 12.5 Å². The highest BCUT2D eigenvalue weighted by Gasteiger charge is 2.07. The molecular weight excluding hydrogens is 311 g/mol. The number of hydrogen-bond donors (Lipinski definition) is 1. The second-order valence-corrected chi connectivity index (χ2v) is 4.88. The molecule has 0 radical (unpaired) electrons. The van der Waals surface area contributed by atoms with Crippen LogP contribution in [0.4, 0.5) is 5.69 Å². The van der Waals surface area contributed by atoms with Crippen LogP contribution in [-0.2, 0) is 4.79 Å². The fraction of sp³-hybridized carbons (Fsp3) is 0.0667. The van der Waals surface area contributed by atoms with Gasteiger partial charge in [0, 0.05) is 6.07 Å². The maximum atomic E-state index is 11.8. The summed E-state index contributed by atoms with van der Waals surface area (Å²) in [4.78, 5) is 11.8. The van der Waals surface area contributed by atoms with E-state index in [1.165, 1.54) is 12.1 Å². The standard InChI is InChI=1S/C15H10Cl2N2O2/c16-12-3-1-2-4-14(12)19-15(20)9-21-11-6-5-10(8-18)13(17)7-11/h1-7H,9H2,(H,19,20). The minimum atomic E-state index is -0.344. The van der Waals surface area contributed by atoms with Crippen LogP contribution >= 0.6 is 23.2 Å². The van der Waals surface area contributed by atoms with Crippen molar-refractivity contribution in [3.63, 3.8) is 0 Å². The van der Waals surface area contributed by atoms with Crippen LogP contribution in [0.2, 0.25) is 10.0 Å². The largest absolute Gasteiger partial charge is 0.484 e. The summed E-state index contributed by atoms with van der Waals surface area (Å²) >= 11 is 11.8. The van der Waals surface area contributed by atoms with Gasteiger partial charge in [-0.3, -0.25) is 4.79 Å². The molecule has 6 heteroatoms. The average Bonchev–Trinajstić information content (AvgIpc) is 2.48. The summed E-state index contributed by atoms with van der Waals surface area (Å²) < 4.78 is 5.31. The number of carbonyl (C=O) groups excluding carboxylic acids is 1. The summed E-state index contributed by atoms with van der Waals surface area (Å²) in [5.74, 6) is 0.0666. The van der Waals surface area contributed by atoms with Gasteiger partial charge in [-0.25, -0.2) is 0 Å². The van der Waals surface area contributed by atoms with Crippen molar-refractivity contribution in [2.45, 2.75) is 0 Å². The number of ether oxygens (including phenoxy) is 1. The number of nitrogens with zero attached hydrogens (tertiary/aromatic N) is 1. The molecule has 0 aliphatic carbocycles. The van der Waals surface area contributed by atoms with E-state index in [1.54, 1.807) is 30.3 Å². The highest BCUT2D eigenvalue weighted by molar-refractivity contribution is 6.33. The monoisotopic (exact) mass is 320 g/mol. The summed E-state index contributed by atoms with van der Waals surface area (Å²) in [6.07, 6.45) is 0. The van der Waals surface area contributed by atoms with Gasteiger partial charge < -0.3 is 10.1 Å². The molecule has 106 valence electrons. The Morgan fingerprint density at radius 3 is 2.62 bits per heavy atom. The average molecular weight is 321 g/mol. The van der Waals surface area contributed by atoms with Crippen LogP contribution in [0.25, 0.3) is 0 Å². The molecule has 0 fully saturated rings. The van der Waals surface area contributed by atoms with E-state index in [1.807, 2.05) is 6.07 Å². The number of anilines is 1. The molecule has 0 atom stereocenters. The summed E-state index contributed by atoms with van der Waals surface area (Å²) in [6, 6.07) is 13.5. The van der Waals surface area contributed by atoms with Gasteiger partial charge in [0.25, 0.3) is 5.91 Å². The van der Waals surface area contributed by atoms with Gasteiger partial charge >= 0.3 is 0 Å². The number of amides is 1. The first-order valence-electron chi connectivity index (χ1n) is 5.97. The quantitative estimate of drug-likeness (QED) is 0.929. The molecule has 2 aromatic carbocycles. The van der Waals surface area contributed by atoms with E-state index in [0.717, 1.165) is 0 Å². The smallest absolute Gasteiger partial charge is 0.262 e. The summed E-state index contributed by atoms with van der Waals surface area (Å²) in [6.45, 7) is -0.187. The van der Waals surface area contributed by atoms with Crippen LogP contribution in [0.15, 0.2) is 42.5 Å². The number of halogens is 2. The predicted molar refractivity (Wildman–Crippen MR) is 81.7 cm³/mol. The van der Waals surface area contributed by atoms with E-state index in [4.69, 9.17) is 33.2 Å². The minimum absolute atomic E-state index is 0.187. The van der Waals surface area contributed by atoms with E-state index in [0.29, 0.717) is 22.0 Å². The first-order valence-corrected chi connectivity index (χ1v) is 6.72. The van der Waals surface area contributed by atoms with E-state index in [2.05, 4.69) is 5.32 Å². The molecule has 21 heavy (non-hydrogen) atoms. The van der Waals surface area contributed by atoms with E-state index >= 15 is 0 Å². The maximum Gasteiger partial charge on any atom is 0.262 e. The number of hydrogen-bond acceptors (Lipinski definition) is 3. The molecule has 0 unspecified atom stereocenters. The summed E-state index contributed by atoms with van der Waals surface area (Å²) in [5.41, 5.74) is 0.871. The summed E-state index contributed by atoms with van der Waals surface area (Å²) in [5, 5.41) is 12.1. The fourth-order valence-corrected chi connectivity index (χ4v) is 1.97. The third-order valence-corrected chi connectivity index (χ3v) is 3.22. The molecule has 0 aromatic heterocycles. The highest BCUT2D eigenvalue weighted by Crippen LogP contribution is 2.22. The van der Waals surface area contributed by atoms with Gasteiger partial charge in [0.15, 0.2) is 6.61 Å². The molecule has 0 aliphatic heterocycles. The number of nitriles is 1. The zero-order valence-electron chi connectivity index (χ0n) is 10.8. The second kappa shape index (κ2) is 6.98. The Morgan fingerprint density at radius 1 is 1.19 bits per heavy atom. The SMILES string of the molecule is N#Cc1ccc(OCC(=O)Nc2ccccc2Cl)cc1Cl. The van der Waals surface area contributed by atoms with E-state index < -0.39 is 0 Å². The van der Waals surface area contributed by atoms with Crippen molar-refractivity contribution in [2.75, 3.05) is 11.9 Å². The molecule has 1 amide bonds. The number of para-hydroxylation sites is 1. The molecule has 1 N–H and O–H groups in total. The molecular formula is C15H10Cl2N2O2. The van der Waals surface area contributed by atoms with Gasteiger partial charge in [-0.05, 0) is 24.3 Å². The second-order valence-electron chi connectivity index (χ2n) is 4.07. The predicted octanol–water partition coefficient (Wildman–Crippen LogP) is 3.88. The molecule has 2 rings (SSSR count). The van der Waals surface area contributed by atoms with Crippen LogP contribution in [0.3, 0.4) is 0 Å². The Balaban J connectivity index is 1.94. The Bertz CT molecular complexity index is 711. The highest BCUT2D eigenvalue weighted by atomic mass is 35.5. The number of carbonyl (C=O) groups is 1. The van der Waals surface area contributed by atoms with Crippen molar-refractivity contribution in [2.24, 2.45) is 0 Å². The number of benzene rings is 2. The Labute approximate surface area is 131 Å². The Morgan fingerprint density at radius 2 is 1.95 bits per heavy atom. The molecule has 0 saturated heterocycles. The van der Waals surface area contributed by atoms with Gasteiger partial charge in [0.1, 0.15) is 11.8 Å². The molecule has 4 nitrogen and oxygen atoms in total. The zero-order valence-corrected chi connectivity index (χ0v) is 12.3. The number of rotatable bonds is 4. The van der Waals surface area contributed by atoms with Gasteiger partial charge in [0.05, 0.1) is 21.3 Å². The zero-order chi connectivity index (χ0) is 15.2. The minimum Gasteiger partial charge on any atom is -0.484 e. The summed E-state index contributed by atoms with van der Waals surface area (Å²) in [7, 11) is 0. The van der Waals surface area contributed by atoms with Crippen LogP contribution in [0, 0.1) is 11.3 Å². The van der Waals surface area contributed by atoms with Gasteiger partial charge in [-0.2, -0.15) is 5.26 Å². The van der Waals surface area contributed by atoms with Crippen molar-refractivity contribution in [1.82, 2.24) is 0 Å². The first-order chi connectivity index (χ1) is 10.1. The van der Waals surface area contributed by atoms with Crippen molar-refractivity contribution in [1.29, 1.82) is 5.26 Å². The van der Waals surface area contributed by atoms with Crippen LogP contribution in [0.1, 0.15) is 5.56 Å². The van der Waals surface area contributed by atoms with E-state index in [-0.39, 0.29) is 17.5 Å². The van der Waals surface area contributed by atoms with Gasteiger partial charge in [-0.15, -0.1) is 0 Å². The Hall–Kier alpha value is -2.22. The van der Waals surface area contributed by atoms with Crippen LogP contribution in [0.5, 0.6) is 5.75 Å². The molecule has 0 saturated carbocycles. The number of nitrogens with one attached hydrogen (secondary N) is 1. The van der Waals surface area contributed by atoms with Gasteiger partial charge in [0.2, 0.25) is 0 Å². The molecule has 2 aromatic rings. The molecule has 0 spiro atoms. The van der Waals surface area contributed by atoms with Crippen LogP contribution < -0.4 is 10.1 Å². The Kier molecular flexibility index (Phi) is 5.04. The maximum absolute atomic E-state index is 11.8. The van der Waals surface area contributed by atoms with Crippen molar-refractivity contribution in [3.05, 3.63) is 58.1 Å². The lowest BCUT2D eigenvalue weighted by atomic mass is 10.2. The molecule has 0 heterocycles. The third-order valence-electron chi connectivity index (χ3n) is 2.58. The normalized spacial score (nSPS) is 9.76. The molecule has 0 bridgehead atoms. The lowest BCUT2D eigenvalue weighted by molar-refractivity contribution is -0.118. The lowest BCUT2D eigenvalue weighted by Crippen LogP contribution is -2.20. The first kappa shape index (κ1) is 15.2. The molecule has 0 aliphatic rings. The van der Waals surface area contributed by atoms with Crippen molar-refractivity contribution in [3.8, 4) is 11.8 Å². The lowest BCUT2D eigenvalue weighted by Gasteiger charge is -2.09. The van der Waals surface area contributed by atoms with Crippen molar-refractivity contribution >= 4 is 34.8 Å². The van der Waals surface area contributed by atoms with E-state index in [9.17, 15) is 4.79 Å².